The molecule has 0 bridgehead atoms. The zero-order valence-electron chi connectivity index (χ0n) is 15.3. The summed E-state index contributed by atoms with van der Waals surface area (Å²) in [7, 11) is 1.75. The summed E-state index contributed by atoms with van der Waals surface area (Å²) in [6.07, 6.45) is 3.63. The monoisotopic (exact) mass is 384 g/mol. The number of benzene rings is 1. The number of carbonyl (C=O) groups excluding carboxylic acids is 2. The van der Waals surface area contributed by atoms with Gasteiger partial charge in [0.05, 0.1) is 5.52 Å². The predicted molar refractivity (Wildman–Crippen MR) is 106 cm³/mol. The maximum absolute atomic E-state index is 12.8. The molecule has 0 aliphatic carbocycles. The van der Waals surface area contributed by atoms with Crippen LogP contribution in [-0.4, -0.2) is 39.7 Å². The Bertz CT molecular complexity index is 983. The van der Waals surface area contributed by atoms with E-state index in [1.165, 1.54) is 0 Å². The van der Waals surface area contributed by atoms with Gasteiger partial charge in [0.2, 0.25) is 5.82 Å². The highest BCUT2D eigenvalue weighted by Gasteiger charge is 2.23. The van der Waals surface area contributed by atoms with Crippen LogP contribution in [0.25, 0.3) is 5.52 Å². The highest BCUT2D eigenvalue weighted by Crippen LogP contribution is 2.18. The Morgan fingerprint density at radius 2 is 2.04 bits per heavy atom. The van der Waals surface area contributed by atoms with Crippen molar-refractivity contribution in [3.05, 3.63) is 65.2 Å². The van der Waals surface area contributed by atoms with Gasteiger partial charge in [0.1, 0.15) is 0 Å². The van der Waals surface area contributed by atoms with Gasteiger partial charge in [-0.2, -0.15) is 0 Å². The second-order valence-corrected chi connectivity index (χ2v) is 6.72. The molecule has 2 aromatic heterocycles. The summed E-state index contributed by atoms with van der Waals surface area (Å²) in [6, 6.07) is 12.3. The van der Waals surface area contributed by atoms with Crippen molar-refractivity contribution in [1.82, 2.24) is 14.3 Å². The topological polar surface area (TPSA) is 66.7 Å². The van der Waals surface area contributed by atoms with Crippen molar-refractivity contribution in [1.29, 1.82) is 0 Å². The molecule has 0 atom stereocenters. The Labute approximate surface area is 162 Å². The molecule has 2 heterocycles. The first-order valence-corrected chi connectivity index (χ1v) is 9.18. The van der Waals surface area contributed by atoms with E-state index >= 15 is 0 Å². The van der Waals surface area contributed by atoms with Crippen molar-refractivity contribution < 1.29 is 9.59 Å². The van der Waals surface area contributed by atoms with Crippen LogP contribution in [0, 0.1) is 0 Å². The minimum Gasteiger partial charge on any atom is -0.340 e. The van der Waals surface area contributed by atoms with Crippen molar-refractivity contribution in [3.63, 3.8) is 0 Å². The van der Waals surface area contributed by atoms with E-state index in [9.17, 15) is 9.59 Å². The van der Waals surface area contributed by atoms with Crippen LogP contribution in [0.1, 0.15) is 40.9 Å². The fourth-order valence-corrected chi connectivity index (χ4v) is 2.98. The van der Waals surface area contributed by atoms with Gasteiger partial charge in [-0.25, -0.2) is 4.98 Å². The molecule has 0 radical (unpaired) electrons. The van der Waals surface area contributed by atoms with Crippen molar-refractivity contribution in [2.75, 3.05) is 18.9 Å². The largest absolute Gasteiger partial charge is 0.340 e. The smallest absolute Gasteiger partial charge is 0.292 e. The van der Waals surface area contributed by atoms with Gasteiger partial charge in [0.25, 0.3) is 11.8 Å². The molecule has 3 rings (SSSR count). The van der Waals surface area contributed by atoms with E-state index in [0.29, 0.717) is 22.8 Å². The maximum Gasteiger partial charge on any atom is 0.292 e. The summed E-state index contributed by atoms with van der Waals surface area (Å²) in [4.78, 5) is 31.6. The zero-order chi connectivity index (χ0) is 19.4. The minimum absolute atomic E-state index is 0.151. The molecular formula is C20H21ClN4O2. The van der Waals surface area contributed by atoms with E-state index < -0.39 is 5.91 Å². The number of halogens is 1. The highest BCUT2D eigenvalue weighted by molar-refractivity contribution is 6.31. The molecule has 0 aliphatic rings. The molecule has 27 heavy (non-hydrogen) atoms. The summed E-state index contributed by atoms with van der Waals surface area (Å²) in [5.41, 5.74) is 1.43. The van der Waals surface area contributed by atoms with Gasteiger partial charge in [-0.05, 0) is 36.8 Å². The van der Waals surface area contributed by atoms with Gasteiger partial charge in [0, 0.05) is 30.5 Å². The third-order valence-electron chi connectivity index (χ3n) is 4.23. The number of carbonyl (C=O) groups is 2. The molecule has 1 aromatic carbocycles. The van der Waals surface area contributed by atoms with Crippen LogP contribution in [-0.2, 0) is 0 Å². The van der Waals surface area contributed by atoms with E-state index in [2.05, 4.69) is 17.2 Å². The lowest BCUT2D eigenvalue weighted by Gasteiger charge is -2.15. The summed E-state index contributed by atoms with van der Waals surface area (Å²) >= 11 is 5.97. The second kappa shape index (κ2) is 8.22. The number of rotatable bonds is 6. The standard InChI is InChI=1S/C20H21ClN4O2/c1-3-4-11-24(2)20(27)17-16-10-5-6-12-25(16)18(23-17)19(26)22-15-9-7-8-14(21)13-15/h5-10,12-13H,3-4,11H2,1-2H3,(H,22,26). The van der Waals surface area contributed by atoms with Crippen LogP contribution >= 0.6 is 11.6 Å². The molecule has 0 saturated heterocycles. The van der Waals surface area contributed by atoms with Crippen molar-refractivity contribution in [2.45, 2.75) is 19.8 Å². The molecule has 0 fully saturated rings. The molecule has 0 aliphatic heterocycles. The van der Waals surface area contributed by atoms with Gasteiger partial charge in [-0.1, -0.05) is 37.1 Å². The third-order valence-corrected chi connectivity index (χ3v) is 4.47. The summed E-state index contributed by atoms with van der Waals surface area (Å²) in [6.45, 7) is 2.72. The number of anilines is 1. The number of nitrogens with one attached hydrogen (secondary N) is 1. The predicted octanol–water partition coefficient (Wildman–Crippen LogP) is 4.11. The van der Waals surface area contributed by atoms with Gasteiger partial charge < -0.3 is 10.2 Å². The van der Waals surface area contributed by atoms with E-state index in [1.54, 1.807) is 58.9 Å². The maximum atomic E-state index is 12.8. The molecule has 6 nitrogen and oxygen atoms in total. The van der Waals surface area contributed by atoms with Gasteiger partial charge >= 0.3 is 0 Å². The minimum atomic E-state index is -0.409. The van der Waals surface area contributed by atoms with Gasteiger partial charge in [-0.3, -0.25) is 14.0 Å². The first-order chi connectivity index (χ1) is 13.0. The number of amides is 2. The first-order valence-electron chi connectivity index (χ1n) is 8.80. The van der Waals surface area contributed by atoms with Crippen LogP contribution < -0.4 is 5.32 Å². The first kappa shape index (κ1) is 18.9. The van der Waals surface area contributed by atoms with E-state index in [4.69, 9.17) is 11.6 Å². The van der Waals surface area contributed by atoms with Crippen molar-refractivity contribution in [2.24, 2.45) is 0 Å². The van der Waals surface area contributed by atoms with Crippen LogP contribution in [0.3, 0.4) is 0 Å². The second-order valence-electron chi connectivity index (χ2n) is 6.28. The molecule has 3 aromatic rings. The molecule has 2 amide bonds. The Kier molecular flexibility index (Phi) is 5.76. The van der Waals surface area contributed by atoms with Crippen LogP contribution in [0.4, 0.5) is 5.69 Å². The lowest BCUT2D eigenvalue weighted by atomic mass is 10.2. The van der Waals surface area contributed by atoms with E-state index in [1.807, 2.05) is 6.07 Å². The fourth-order valence-electron chi connectivity index (χ4n) is 2.79. The zero-order valence-corrected chi connectivity index (χ0v) is 16.0. The van der Waals surface area contributed by atoms with Gasteiger partial charge in [-0.15, -0.1) is 0 Å². The average molecular weight is 385 g/mol. The highest BCUT2D eigenvalue weighted by atomic mass is 35.5. The molecular weight excluding hydrogens is 364 g/mol. The Balaban J connectivity index is 1.94. The molecule has 0 unspecified atom stereocenters. The van der Waals surface area contributed by atoms with Gasteiger partial charge in [0.15, 0.2) is 5.69 Å². The number of pyridine rings is 1. The lowest BCUT2D eigenvalue weighted by molar-refractivity contribution is 0.0790. The summed E-state index contributed by atoms with van der Waals surface area (Å²) in [5.74, 6) is -0.458. The van der Waals surface area contributed by atoms with Crippen molar-refractivity contribution >= 4 is 34.6 Å². The van der Waals surface area contributed by atoms with E-state index in [0.717, 1.165) is 12.8 Å². The molecule has 0 spiro atoms. The van der Waals surface area contributed by atoms with E-state index in [-0.39, 0.29) is 17.4 Å². The van der Waals surface area contributed by atoms with Crippen molar-refractivity contribution in [3.8, 4) is 0 Å². The fraction of sp³-hybridized carbons (Fsp3) is 0.250. The Hall–Kier alpha value is -2.86. The number of hydrogen-bond acceptors (Lipinski definition) is 3. The summed E-state index contributed by atoms with van der Waals surface area (Å²) in [5, 5.41) is 3.30. The molecule has 1 N–H and O–H groups in total. The number of unbranched alkanes of at least 4 members (excludes halogenated alkanes) is 1. The summed E-state index contributed by atoms with van der Waals surface area (Å²) < 4.78 is 1.63. The average Bonchev–Trinajstić information content (AvgIpc) is 3.05. The van der Waals surface area contributed by atoms with Crippen LogP contribution in [0.15, 0.2) is 48.7 Å². The van der Waals surface area contributed by atoms with Crippen LogP contribution in [0.2, 0.25) is 5.02 Å². The lowest BCUT2D eigenvalue weighted by Crippen LogP contribution is -2.28. The SMILES string of the molecule is CCCCN(C)C(=O)c1nc(C(=O)Nc2cccc(Cl)c2)n2ccccc12. The number of nitrogens with zero attached hydrogens (tertiary/aromatic N) is 3. The number of hydrogen-bond donors (Lipinski definition) is 1. The normalized spacial score (nSPS) is 10.8. The Morgan fingerprint density at radius 3 is 2.78 bits per heavy atom. The molecule has 140 valence electrons. The Morgan fingerprint density at radius 1 is 1.22 bits per heavy atom. The molecule has 7 heteroatoms. The quantitative estimate of drug-likeness (QED) is 0.695. The number of aromatic nitrogens is 2. The molecule has 0 saturated carbocycles. The van der Waals surface area contributed by atoms with Crippen LogP contribution in [0.5, 0.6) is 0 Å². The number of imidazole rings is 1. The number of fused-ring (bicyclic) bond motifs is 1. The third kappa shape index (κ3) is 4.11.